The van der Waals surface area contributed by atoms with Crippen molar-refractivity contribution < 1.29 is 39.7 Å². The Morgan fingerprint density at radius 2 is 1.92 bits per heavy atom. The number of anilines is 1. The normalized spacial score (nSPS) is 11.5. The zero-order valence-electron chi connectivity index (χ0n) is 8.03. The zero-order valence-corrected chi connectivity index (χ0v) is 9.85. The van der Waals surface area contributed by atoms with Crippen LogP contribution < -0.4 is 34.3 Å². The summed E-state index contributed by atoms with van der Waals surface area (Å²) in [7, 11) is 0. The maximum absolute atomic E-state index is 10.1. The maximum Gasteiger partial charge on any atom is 1.00 e. The molecule has 0 amide bonds. The van der Waals surface area contributed by atoms with Gasteiger partial charge in [0.1, 0.15) is 0 Å². The van der Waals surface area contributed by atoms with Crippen LogP contribution in [-0.2, 0) is 11.3 Å². The molecule has 0 aliphatic carbocycles. The van der Waals surface area contributed by atoms with Gasteiger partial charge in [-0.05, 0) is 19.1 Å². The molecular weight excluding hydrogens is 185 g/mol. The number of hydrogen-bond acceptors (Lipinski definition) is 2. The van der Waals surface area contributed by atoms with Gasteiger partial charge in [0.15, 0.2) is 0 Å². The standard InChI is InChI=1S/C7H9NO2S.Na.H/c1-6-2-4-7(5-3-6)8-11(9)10;;/h2-5,8H,1H3,(H,9,10);;/q;+1;-1/p-1. The second-order valence-electron chi connectivity index (χ2n) is 2.20. The second-order valence-corrected chi connectivity index (χ2v) is 2.88. The molecule has 0 spiro atoms. The van der Waals surface area contributed by atoms with Crippen molar-refractivity contribution in [2.45, 2.75) is 6.92 Å². The van der Waals surface area contributed by atoms with Crippen molar-refractivity contribution in [3.8, 4) is 0 Å². The molecule has 1 atom stereocenters. The molecule has 1 rings (SSSR count). The average Bonchev–Trinajstić information content (AvgIpc) is 1.93. The molecule has 1 aromatic rings. The Labute approximate surface area is 97.8 Å². The van der Waals surface area contributed by atoms with E-state index in [1.54, 1.807) is 12.1 Å². The minimum Gasteiger partial charge on any atom is -1.00 e. The minimum absolute atomic E-state index is 0. The van der Waals surface area contributed by atoms with Crippen molar-refractivity contribution in [2.75, 3.05) is 4.72 Å². The molecule has 1 unspecified atom stereocenters. The van der Waals surface area contributed by atoms with Crippen LogP contribution in [0, 0.1) is 6.92 Å². The summed E-state index contributed by atoms with van der Waals surface area (Å²) in [5.41, 5.74) is 1.69. The summed E-state index contributed by atoms with van der Waals surface area (Å²) in [5.74, 6) is 0. The Kier molecular flexibility index (Phi) is 5.78. The van der Waals surface area contributed by atoms with Crippen LogP contribution >= 0.6 is 0 Å². The van der Waals surface area contributed by atoms with E-state index < -0.39 is 11.3 Å². The smallest absolute Gasteiger partial charge is 1.00 e. The summed E-state index contributed by atoms with van der Waals surface area (Å²) in [5, 5.41) is 0. The molecule has 0 saturated heterocycles. The molecule has 0 heterocycles. The number of nitrogens with one attached hydrogen (secondary N) is 1. The van der Waals surface area contributed by atoms with E-state index >= 15 is 0 Å². The number of hydrogen-bond donors (Lipinski definition) is 1. The molecule has 1 aromatic carbocycles. The predicted octanol–water partition coefficient (Wildman–Crippen LogP) is -1.68. The van der Waals surface area contributed by atoms with Gasteiger partial charge in [-0.3, -0.25) is 4.21 Å². The number of aryl methyl sites for hydroxylation is 1. The average molecular weight is 194 g/mol. The third-order valence-electron chi connectivity index (χ3n) is 1.25. The molecule has 0 aliphatic rings. The van der Waals surface area contributed by atoms with Gasteiger partial charge in [-0.2, -0.15) is 0 Å². The van der Waals surface area contributed by atoms with E-state index in [1.165, 1.54) is 0 Å². The Hall–Kier alpha value is 0.130. The second kappa shape index (κ2) is 5.72. The largest absolute Gasteiger partial charge is 1.00 e. The SMILES string of the molecule is Cc1ccc(NS(=O)[O-])cc1.[H-].[Na+]. The molecule has 12 heavy (non-hydrogen) atoms. The first-order valence-electron chi connectivity index (χ1n) is 3.11. The summed E-state index contributed by atoms with van der Waals surface area (Å²) in [6, 6.07) is 7.11. The molecule has 0 fully saturated rings. The fourth-order valence-corrected chi connectivity index (χ4v) is 1.05. The van der Waals surface area contributed by atoms with Gasteiger partial charge in [-0.25, -0.2) is 0 Å². The van der Waals surface area contributed by atoms with E-state index in [9.17, 15) is 8.76 Å². The summed E-state index contributed by atoms with van der Waals surface area (Å²) in [6.45, 7) is 1.94. The monoisotopic (exact) mass is 194 g/mol. The van der Waals surface area contributed by atoms with Crippen molar-refractivity contribution in [2.24, 2.45) is 0 Å². The van der Waals surface area contributed by atoms with Crippen molar-refractivity contribution in [3.05, 3.63) is 29.8 Å². The van der Waals surface area contributed by atoms with Gasteiger partial charge in [-0.15, -0.1) is 0 Å². The van der Waals surface area contributed by atoms with Gasteiger partial charge in [0, 0.05) is 17.0 Å². The van der Waals surface area contributed by atoms with Gasteiger partial charge in [0.05, 0.1) is 0 Å². The molecule has 0 aliphatic heterocycles. The first-order chi connectivity index (χ1) is 5.18. The molecule has 5 heteroatoms. The van der Waals surface area contributed by atoms with Crippen LogP contribution in [0.3, 0.4) is 0 Å². The van der Waals surface area contributed by atoms with Gasteiger partial charge < -0.3 is 10.7 Å². The summed E-state index contributed by atoms with van der Waals surface area (Å²) in [4.78, 5) is 0. The molecule has 0 bridgehead atoms. The molecule has 0 saturated carbocycles. The van der Waals surface area contributed by atoms with Crippen LogP contribution in [0.4, 0.5) is 5.69 Å². The van der Waals surface area contributed by atoms with E-state index in [2.05, 4.69) is 4.72 Å². The van der Waals surface area contributed by atoms with Crippen molar-refractivity contribution in [1.82, 2.24) is 0 Å². The van der Waals surface area contributed by atoms with E-state index in [0.29, 0.717) is 5.69 Å². The quantitative estimate of drug-likeness (QED) is 0.451. The third kappa shape index (κ3) is 4.23. The van der Waals surface area contributed by atoms with Crippen LogP contribution in [0.25, 0.3) is 0 Å². The Morgan fingerprint density at radius 3 is 2.33 bits per heavy atom. The van der Waals surface area contributed by atoms with Gasteiger partial charge >= 0.3 is 29.6 Å². The van der Waals surface area contributed by atoms with Crippen LogP contribution in [0.1, 0.15) is 6.99 Å². The topological polar surface area (TPSA) is 52.2 Å². The first-order valence-corrected chi connectivity index (χ1v) is 4.18. The molecule has 0 radical (unpaired) electrons. The van der Waals surface area contributed by atoms with E-state index in [4.69, 9.17) is 0 Å². The number of benzene rings is 1. The fraction of sp³-hybridized carbons (Fsp3) is 0.143. The molecule has 0 aromatic heterocycles. The summed E-state index contributed by atoms with van der Waals surface area (Å²) in [6.07, 6.45) is 0. The zero-order chi connectivity index (χ0) is 8.27. The molecule has 3 nitrogen and oxygen atoms in total. The summed E-state index contributed by atoms with van der Waals surface area (Å²) >= 11 is -2.22. The fourth-order valence-electron chi connectivity index (χ4n) is 0.718. The van der Waals surface area contributed by atoms with Crippen LogP contribution in [0.2, 0.25) is 0 Å². The minimum atomic E-state index is -2.22. The molecule has 62 valence electrons. The van der Waals surface area contributed by atoms with Crippen molar-refractivity contribution in [1.29, 1.82) is 0 Å². The van der Waals surface area contributed by atoms with Crippen LogP contribution in [0.5, 0.6) is 0 Å². The van der Waals surface area contributed by atoms with E-state index in [0.717, 1.165) is 5.56 Å². The molecule has 1 N–H and O–H groups in total. The van der Waals surface area contributed by atoms with Crippen LogP contribution in [-0.4, -0.2) is 8.76 Å². The number of rotatable bonds is 2. The Bertz CT molecular complexity index is 268. The summed E-state index contributed by atoms with van der Waals surface area (Å²) < 4.78 is 22.5. The van der Waals surface area contributed by atoms with E-state index in [1.807, 2.05) is 19.1 Å². The van der Waals surface area contributed by atoms with Gasteiger partial charge in [-0.1, -0.05) is 17.7 Å². The first kappa shape index (κ1) is 12.1. The van der Waals surface area contributed by atoms with Crippen molar-refractivity contribution >= 4 is 17.0 Å². The third-order valence-corrected chi connectivity index (χ3v) is 1.66. The van der Waals surface area contributed by atoms with Gasteiger partial charge in [0.25, 0.3) is 0 Å². The van der Waals surface area contributed by atoms with Gasteiger partial charge in [0.2, 0.25) is 0 Å². The van der Waals surface area contributed by atoms with E-state index in [-0.39, 0.29) is 31.0 Å². The molecular formula is C7H9NNaO2S-. The van der Waals surface area contributed by atoms with Crippen LogP contribution in [0.15, 0.2) is 24.3 Å². The maximum atomic E-state index is 10.1. The Morgan fingerprint density at radius 1 is 1.42 bits per heavy atom. The predicted molar refractivity (Wildman–Crippen MR) is 44.8 cm³/mol. The van der Waals surface area contributed by atoms with Crippen molar-refractivity contribution in [3.63, 3.8) is 0 Å². The Balaban J connectivity index is 0.